The molecule has 0 radical (unpaired) electrons. The molecular formula is C20H20N2O2. The Morgan fingerprint density at radius 2 is 1.79 bits per heavy atom. The Bertz CT molecular complexity index is 1040. The lowest BCUT2D eigenvalue weighted by Gasteiger charge is -2.09. The molecule has 0 bridgehead atoms. The molecule has 0 aliphatic carbocycles. The molecule has 24 heavy (non-hydrogen) atoms. The van der Waals surface area contributed by atoms with Crippen molar-refractivity contribution in [2.75, 3.05) is 0 Å². The van der Waals surface area contributed by atoms with Gasteiger partial charge >= 0.3 is 0 Å². The minimum absolute atomic E-state index is 0.103. The zero-order chi connectivity index (χ0) is 16.8. The van der Waals surface area contributed by atoms with Crippen LogP contribution in [-0.4, -0.2) is 20.3 Å². The van der Waals surface area contributed by atoms with Gasteiger partial charge in [-0.3, -0.25) is 4.57 Å². The van der Waals surface area contributed by atoms with E-state index in [0.29, 0.717) is 0 Å². The monoisotopic (exact) mass is 320 g/mol. The van der Waals surface area contributed by atoms with Crippen LogP contribution >= 0.6 is 0 Å². The van der Waals surface area contributed by atoms with E-state index in [2.05, 4.69) is 22.8 Å². The van der Waals surface area contributed by atoms with E-state index in [4.69, 9.17) is 4.74 Å². The molecule has 1 N–H and O–H groups in total. The van der Waals surface area contributed by atoms with Crippen LogP contribution in [0.4, 0.5) is 0 Å². The van der Waals surface area contributed by atoms with Crippen molar-refractivity contribution in [1.82, 2.24) is 9.13 Å². The molecule has 4 heteroatoms. The number of fused-ring (bicyclic) bond motifs is 2. The first kappa shape index (κ1) is 14.7. The number of nitrogens with zero attached hydrogens (tertiary/aromatic N) is 2. The Morgan fingerprint density at radius 1 is 1.00 bits per heavy atom. The molecule has 2 heterocycles. The number of benzene rings is 2. The van der Waals surface area contributed by atoms with Crippen LogP contribution in [-0.2, 0) is 7.05 Å². The predicted molar refractivity (Wildman–Crippen MR) is 97.2 cm³/mol. The maximum Gasteiger partial charge on any atom is 0.203 e. The van der Waals surface area contributed by atoms with Crippen LogP contribution in [0.15, 0.2) is 54.9 Å². The number of rotatable bonds is 3. The first-order chi connectivity index (χ1) is 11.5. The average Bonchev–Trinajstić information content (AvgIpc) is 3.08. The summed E-state index contributed by atoms with van der Waals surface area (Å²) in [4.78, 5) is 0. The lowest BCUT2D eigenvalue weighted by atomic mass is 10.2. The Hall–Kier alpha value is -2.88. The Kier molecular flexibility index (Phi) is 3.27. The molecule has 0 aliphatic rings. The van der Waals surface area contributed by atoms with E-state index in [1.165, 1.54) is 5.39 Å². The van der Waals surface area contributed by atoms with Crippen LogP contribution in [0.3, 0.4) is 0 Å². The van der Waals surface area contributed by atoms with Crippen molar-refractivity contribution >= 4 is 21.7 Å². The SMILES string of the molecule is CC(C)Oc1ccc2cn(-c3ccc4ccn(C)c4c3)c(O)c2c1. The Balaban J connectivity index is 1.85. The van der Waals surface area contributed by atoms with Gasteiger partial charge in [0.25, 0.3) is 0 Å². The van der Waals surface area contributed by atoms with E-state index >= 15 is 0 Å². The highest BCUT2D eigenvalue weighted by Crippen LogP contribution is 2.33. The van der Waals surface area contributed by atoms with Crippen molar-refractivity contribution in [1.29, 1.82) is 0 Å². The second kappa shape index (κ2) is 5.34. The fourth-order valence-corrected chi connectivity index (χ4v) is 3.11. The van der Waals surface area contributed by atoms with Crippen LogP contribution < -0.4 is 4.74 Å². The Labute approximate surface area is 140 Å². The van der Waals surface area contributed by atoms with Crippen LogP contribution in [0.1, 0.15) is 13.8 Å². The average molecular weight is 320 g/mol. The maximum absolute atomic E-state index is 10.7. The van der Waals surface area contributed by atoms with Gasteiger partial charge in [0.2, 0.25) is 5.88 Å². The number of ether oxygens (including phenoxy) is 1. The zero-order valence-corrected chi connectivity index (χ0v) is 14.0. The van der Waals surface area contributed by atoms with Gasteiger partial charge in [0, 0.05) is 35.7 Å². The van der Waals surface area contributed by atoms with Crippen LogP contribution in [0.25, 0.3) is 27.4 Å². The van der Waals surface area contributed by atoms with E-state index in [9.17, 15) is 5.11 Å². The summed E-state index contributed by atoms with van der Waals surface area (Å²) in [6.45, 7) is 3.98. The predicted octanol–water partition coefficient (Wildman–Crippen LogP) is 4.62. The zero-order valence-electron chi connectivity index (χ0n) is 14.0. The molecule has 0 unspecified atom stereocenters. The maximum atomic E-state index is 10.7. The molecule has 0 saturated carbocycles. The van der Waals surface area contributed by atoms with Crippen molar-refractivity contribution in [2.24, 2.45) is 7.05 Å². The first-order valence-electron chi connectivity index (χ1n) is 8.09. The summed E-state index contributed by atoms with van der Waals surface area (Å²) < 4.78 is 9.62. The lowest BCUT2D eigenvalue weighted by molar-refractivity contribution is 0.242. The number of hydrogen-bond donors (Lipinski definition) is 1. The van der Waals surface area contributed by atoms with Gasteiger partial charge in [-0.2, -0.15) is 0 Å². The number of aromatic nitrogens is 2. The molecule has 2 aromatic heterocycles. The molecule has 4 nitrogen and oxygen atoms in total. The third-order valence-corrected chi connectivity index (χ3v) is 4.28. The summed E-state index contributed by atoms with van der Waals surface area (Å²) in [5, 5.41) is 13.7. The van der Waals surface area contributed by atoms with Crippen molar-refractivity contribution in [2.45, 2.75) is 20.0 Å². The largest absolute Gasteiger partial charge is 0.494 e. The molecule has 0 spiro atoms. The van der Waals surface area contributed by atoms with Crippen molar-refractivity contribution in [3.8, 4) is 17.3 Å². The summed E-state index contributed by atoms with van der Waals surface area (Å²) in [6, 6.07) is 14.1. The Morgan fingerprint density at radius 3 is 2.58 bits per heavy atom. The molecule has 0 amide bonds. The van der Waals surface area contributed by atoms with E-state index in [1.54, 1.807) is 0 Å². The second-order valence-corrected chi connectivity index (χ2v) is 6.41. The number of hydrogen-bond acceptors (Lipinski definition) is 2. The van der Waals surface area contributed by atoms with Gasteiger partial charge in [-0.05, 0) is 55.6 Å². The highest BCUT2D eigenvalue weighted by molar-refractivity contribution is 5.90. The quantitative estimate of drug-likeness (QED) is 0.598. The second-order valence-electron chi connectivity index (χ2n) is 6.41. The van der Waals surface area contributed by atoms with Gasteiger partial charge in [-0.1, -0.05) is 6.07 Å². The molecule has 0 fully saturated rings. The molecule has 4 aromatic rings. The van der Waals surface area contributed by atoms with Gasteiger partial charge in [0.15, 0.2) is 0 Å². The first-order valence-corrected chi connectivity index (χ1v) is 8.09. The van der Waals surface area contributed by atoms with Gasteiger partial charge in [-0.25, -0.2) is 0 Å². The van der Waals surface area contributed by atoms with Gasteiger partial charge in [0.1, 0.15) is 5.75 Å². The molecule has 0 atom stereocenters. The highest BCUT2D eigenvalue weighted by Gasteiger charge is 2.12. The molecule has 0 aliphatic heterocycles. The summed E-state index contributed by atoms with van der Waals surface area (Å²) in [7, 11) is 2.02. The lowest BCUT2D eigenvalue weighted by Crippen LogP contribution is -2.04. The third kappa shape index (κ3) is 2.31. The van der Waals surface area contributed by atoms with Crippen LogP contribution in [0, 0.1) is 0 Å². The minimum atomic E-state index is 0.103. The van der Waals surface area contributed by atoms with E-state index in [1.807, 2.05) is 62.1 Å². The standard InChI is InChI=1S/C20H20N2O2/c1-13(2)24-17-7-5-15-12-22(20(23)18(15)11-17)16-6-4-14-8-9-21(3)19(14)10-16/h4-13,23H,1-3H3. The van der Waals surface area contributed by atoms with E-state index in [0.717, 1.165) is 27.7 Å². The van der Waals surface area contributed by atoms with Crippen LogP contribution in [0.5, 0.6) is 11.6 Å². The number of aryl methyl sites for hydroxylation is 1. The summed E-state index contributed by atoms with van der Waals surface area (Å²) in [5.41, 5.74) is 2.07. The van der Waals surface area contributed by atoms with E-state index in [-0.39, 0.29) is 12.0 Å². The van der Waals surface area contributed by atoms with Crippen molar-refractivity contribution in [3.63, 3.8) is 0 Å². The smallest absolute Gasteiger partial charge is 0.203 e. The van der Waals surface area contributed by atoms with Gasteiger partial charge in [-0.15, -0.1) is 0 Å². The van der Waals surface area contributed by atoms with Gasteiger partial charge in [0.05, 0.1) is 11.8 Å². The van der Waals surface area contributed by atoms with Gasteiger partial charge < -0.3 is 14.4 Å². The summed E-state index contributed by atoms with van der Waals surface area (Å²) in [5.74, 6) is 0.996. The molecule has 122 valence electrons. The summed E-state index contributed by atoms with van der Waals surface area (Å²) >= 11 is 0. The third-order valence-electron chi connectivity index (χ3n) is 4.28. The van der Waals surface area contributed by atoms with Crippen LogP contribution in [0.2, 0.25) is 0 Å². The normalized spacial score (nSPS) is 11.7. The molecule has 0 saturated heterocycles. The fourth-order valence-electron chi connectivity index (χ4n) is 3.11. The molecular weight excluding hydrogens is 300 g/mol. The molecule has 4 rings (SSSR count). The highest BCUT2D eigenvalue weighted by atomic mass is 16.5. The number of aromatic hydroxyl groups is 1. The minimum Gasteiger partial charge on any atom is -0.494 e. The molecule has 2 aromatic carbocycles. The topological polar surface area (TPSA) is 39.3 Å². The van der Waals surface area contributed by atoms with E-state index < -0.39 is 0 Å². The summed E-state index contributed by atoms with van der Waals surface area (Å²) in [6.07, 6.45) is 4.09. The van der Waals surface area contributed by atoms with Crippen molar-refractivity contribution in [3.05, 3.63) is 54.9 Å². The van der Waals surface area contributed by atoms with Crippen molar-refractivity contribution < 1.29 is 9.84 Å². The fraction of sp³-hybridized carbons (Fsp3) is 0.200.